The van der Waals surface area contributed by atoms with Crippen LogP contribution in [0, 0.1) is 6.92 Å². The first-order chi connectivity index (χ1) is 15.1. The zero-order valence-corrected chi connectivity index (χ0v) is 18.2. The number of carbonyl (C=O) groups excluding carboxylic acids is 1. The number of anilines is 2. The van der Waals surface area contributed by atoms with Crippen molar-refractivity contribution in [2.24, 2.45) is 0 Å². The number of piperazine rings is 1. The topological polar surface area (TPSA) is 79.2 Å². The molecule has 8 nitrogen and oxygen atoms in total. The van der Waals surface area contributed by atoms with Crippen molar-refractivity contribution < 1.29 is 4.79 Å². The number of hydrogen-bond donors (Lipinski definition) is 1. The lowest BCUT2D eigenvalue weighted by atomic mass is 10.2. The van der Waals surface area contributed by atoms with Crippen LogP contribution in [0.3, 0.4) is 0 Å². The molecule has 1 amide bonds. The second-order valence-corrected chi connectivity index (χ2v) is 7.84. The van der Waals surface area contributed by atoms with Gasteiger partial charge < -0.3 is 10.2 Å². The average Bonchev–Trinajstić information content (AvgIpc) is 3.30. The van der Waals surface area contributed by atoms with Crippen LogP contribution in [0.15, 0.2) is 48.9 Å². The molecule has 1 aliphatic heterocycles. The molecular weight excluding hydrogens is 390 g/mol. The number of aryl methyl sites for hydroxylation is 1. The summed E-state index contributed by atoms with van der Waals surface area (Å²) >= 11 is 0. The Morgan fingerprint density at radius 1 is 1.13 bits per heavy atom. The molecule has 1 saturated heterocycles. The van der Waals surface area contributed by atoms with Gasteiger partial charge >= 0.3 is 0 Å². The fraction of sp³-hybridized carbons (Fsp3) is 0.391. The maximum atomic E-state index is 11.8. The summed E-state index contributed by atoms with van der Waals surface area (Å²) < 4.78 is 1.78. The summed E-state index contributed by atoms with van der Waals surface area (Å²) in [4.78, 5) is 25.7. The SMILES string of the molecule is CCCC(=O)Nc1cc(CN2CCN(c3ccc(-n4cccn4)nc3C)CC2)ccn1. The van der Waals surface area contributed by atoms with E-state index in [1.54, 1.807) is 17.1 Å². The van der Waals surface area contributed by atoms with Crippen LogP contribution in [-0.2, 0) is 11.3 Å². The largest absolute Gasteiger partial charge is 0.368 e. The van der Waals surface area contributed by atoms with E-state index in [4.69, 9.17) is 4.98 Å². The van der Waals surface area contributed by atoms with Gasteiger partial charge in [-0.3, -0.25) is 9.69 Å². The van der Waals surface area contributed by atoms with Crippen LogP contribution in [0.1, 0.15) is 31.0 Å². The van der Waals surface area contributed by atoms with Gasteiger partial charge in [-0.25, -0.2) is 14.6 Å². The minimum absolute atomic E-state index is 0.0170. The van der Waals surface area contributed by atoms with Gasteiger partial charge in [0, 0.05) is 57.7 Å². The van der Waals surface area contributed by atoms with Crippen LogP contribution in [0.2, 0.25) is 0 Å². The number of rotatable bonds is 7. The molecule has 8 heteroatoms. The van der Waals surface area contributed by atoms with E-state index >= 15 is 0 Å². The van der Waals surface area contributed by atoms with Gasteiger partial charge in [0.05, 0.1) is 11.4 Å². The second-order valence-electron chi connectivity index (χ2n) is 7.84. The molecule has 4 rings (SSSR count). The molecule has 1 aliphatic rings. The molecule has 162 valence electrons. The van der Waals surface area contributed by atoms with Crippen LogP contribution in [0.25, 0.3) is 5.82 Å². The molecule has 0 aliphatic carbocycles. The minimum atomic E-state index is 0.0170. The van der Waals surface area contributed by atoms with Crippen molar-refractivity contribution in [3.63, 3.8) is 0 Å². The van der Waals surface area contributed by atoms with Crippen molar-refractivity contribution in [3.8, 4) is 5.82 Å². The van der Waals surface area contributed by atoms with Crippen molar-refractivity contribution in [2.45, 2.75) is 33.2 Å². The van der Waals surface area contributed by atoms with E-state index in [1.807, 2.05) is 37.4 Å². The first-order valence-corrected chi connectivity index (χ1v) is 10.8. The van der Waals surface area contributed by atoms with Crippen LogP contribution in [0.5, 0.6) is 0 Å². The first kappa shape index (κ1) is 21.0. The van der Waals surface area contributed by atoms with Crippen LogP contribution in [0.4, 0.5) is 11.5 Å². The maximum absolute atomic E-state index is 11.8. The van der Waals surface area contributed by atoms with Crippen LogP contribution in [-0.4, -0.2) is 56.7 Å². The van der Waals surface area contributed by atoms with E-state index in [9.17, 15) is 4.79 Å². The molecule has 0 bridgehead atoms. The molecule has 31 heavy (non-hydrogen) atoms. The first-order valence-electron chi connectivity index (χ1n) is 10.8. The molecule has 4 heterocycles. The minimum Gasteiger partial charge on any atom is -0.368 e. The van der Waals surface area contributed by atoms with Crippen LogP contribution >= 0.6 is 0 Å². The third-order valence-corrected chi connectivity index (χ3v) is 5.47. The fourth-order valence-corrected chi connectivity index (χ4v) is 3.89. The summed E-state index contributed by atoms with van der Waals surface area (Å²) in [6, 6.07) is 10.1. The highest BCUT2D eigenvalue weighted by Gasteiger charge is 2.19. The summed E-state index contributed by atoms with van der Waals surface area (Å²) in [6.07, 6.45) is 6.78. The highest BCUT2D eigenvalue weighted by atomic mass is 16.1. The molecule has 0 spiro atoms. The lowest BCUT2D eigenvalue weighted by Gasteiger charge is -2.36. The number of nitrogens with zero attached hydrogens (tertiary/aromatic N) is 6. The van der Waals surface area contributed by atoms with E-state index in [1.165, 1.54) is 5.69 Å². The normalized spacial score (nSPS) is 14.6. The highest BCUT2D eigenvalue weighted by molar-refractivity contribution is 5.89. The van der Waals surface area contributed by atoms with E-state index < -0.39 is 0 Å². The molecule has 0 saturated carbocycles. The fourth-order valence-electron chi connectivity index (χ4n) is 3.89. The Kier molecular flexibility index (Phi) is 6.57. The van der Waals surface area contributed by atoms with Crippen molar-refractivity contribution in [3.05, 3.63) is 60.2 Å². The number of hydrogen-bond acceptors (Lipinski definition) is 6. The number of nitrogens with one attached hydrogen (secondary N) is 1. The zero-order chi connectivity index (χ0) is 21.6. The Morgan fingerprint density at radius 3 is 2.68 bits per heavy atom. The van der Waals surface area contributed by atoms with E-state index in [2.05, 4.69) is 38.2 Å². The smallest absolute Gasteiger partial charge is 0.225 e. The Labute approximate surface area is 182 Å². The van der Waals surface area contributed by atoms with Gasteiger partial charge in [-0.2, -0.15) is 5.10 Å². The van der Waals surface area contributed by atoms with Crippen molar-refractivity contribution in [1.29, 1.82) is 0 Å². The van der Waals surface area contributed by atoms with E-state index in [-0.39, 0.29) is 5.91 Å². The molecule has 1 N–H and O–H groups in total. The van der Waals surface area contributed by atoms with Gasteiger partial charge in [0.2, 0.25) is 5.91 Å². The summed E-state index contributed by atoms with van der Waals surface area (Å²) in [7, 11) is 0. The third-order valence-electron chi connectivity index (χ3n) is 5.47. The molecule has 3 aromatic rings. The van der Waals surface area contributed by atoms with Crippen molar-refractivity contribution in [1.82, 2.24) is 24.6 Å². The Bertz CT molecular complexity index is 1010. The summed E-state index contributed by atoms with van der Waals surface area (Å²) in [5, 5.41) is 7.14. The lowest BCUT2D eigenvalue weighted by Crippen LogP contribution is -2.46. The Morgan fingerprint density at radius 2 is 1.97 bits per heavy atom. The second kappa shape index (κ2) is 9.70. The Balaban J connectivity index is 1.33. The monoisotopic (exact) mass is 419 g/mol. The molecule has 0 aromatic carbocycles. The quantitative estimate of drug-likeness (QED) is 0.634. The third kappa shape index (κ3) is 5.27. The van der Waals surface area contributed by atoms with Gasteiger partial charge in [-0.1, -0.05) is 6.92 Å². The van der Waals surface area contributed by atoms with Crippen molar-refractivity contribution in [2.75, 3.05) is 36.4 Å². The van der Waals surface area contributed by atoms with Gasteiger partial charge in [-0.15, -0.1) is 0 Å². The molecule has 0 atom stereocenters. The van der Waals surface area contributed by atoms with Crippen LogP contribution < -0.4 is 10.2 Å². The molecular formula is C23H29N7O. The molecule has 3 aromatic heterocycles. The molecule has 1 fully saturated rings. The average molecular weight is 420 g/mol. The molecule has 0 radical (unpaired) electrons. The Hall–Kier alpha value is -3.26. The highest BCUT2D eigenvalue weighted by Crippen LogP contribution is 2.22. The predicted molar refractivity (Wildman–Crippen MR) is 121 cm³/mol. The standard InChI is InChI=1S/C23H29N7O/c1-3-5-23(31)27-21-16-19(8-10-24-21)17-28-12-14-29(15-13-28)20-6-7-22(26-18(20)2)30-11-4-9-25-30/h4,6-11,16H,3,5,12-15,17H2,1-2H3,(H,24,27,31). The van der Waals surface area contributed by atoms with Gasteiger partial charge in [0.1, 0.15) is 5.82 Å². The van der Waals surface area contributed by atoms with Gasteiger partial charge in [0.25, 0.3) is 0 Å². The molecule has 0 unspecified atom stereocenters. The number of amides is 1. The van der Waals surface area contributed by atoms with E-state index in [0.717, 1.165) is 56.2 Å². The number of carbonyl (C=O) groups is 1. The number of aromatic nitrogens is 4. The van der Waals surface area contributed by atoms with Gasteiger partial charge in [-0.05, 0) is 49.2 Å². The zero-order valence-electron chi connectivity index (χ0n) is 18.2. The number of pyridine rings is 2. The predicted octanol–water partition coefficient (Wildman–Crippen LogP) is 3.03. The summed E-state index contributed by atoms with van der Waals surface area (Å²) in [5.41, 5.74) is 3.36. The van der Waals surface area contributed by atoms with E-state index in [0.29, 0.717) is 12.2 Å². The van der Waals surface area contributed by atoms with Crippen molar-refractivity contribution >= 4 is 17.4 Å². The maximum Gasteiger partial charge on any atom is 0.225 e. The summed E-state index contributed by atoms with van der Waals surface area (Å²) in [5.74, 6) is 1.49. The lowest BCUT2D eigenvalue weighted by molar-refractivity contribution is -0.116. The van der Waals surface area contributed by atoms with Gasteiger partial charge in [0.15, 0.2) is 5.82 Å². The summed E-state index contributed by atoms with van der Waals surface area (Å²) in [6.45, 7) is 8.75.